The third-order valence-corrected chi connectivity index (χ3v) is 5.01. The Kier molecular flexibility index (Phi) is 6.25. The van der Waals surface area contributed by atoms with Gasteiger partial charge >= 0.3 is 0 Å². The molecule has 1 heterocycles. The summed E-state index contributed by atoms with van der Waals surface area (Å²) in [6.07, 6.45) is 6.80. The molecule has 0 radical (unpaired) electrons. The highest BCUT2D eigenvalue weighted by molar-refractivity contribution is 6.21. The lowest BCUT2D eigenvalue weighted by Crippen LogP contribution is -2.40. The summed E-state index contributed by atoms with van der Waals surface area (Å²) in [6.45, 7) is 6.26. The van der Waals surface area contributed by atoms with Gasteiger partial charge in [-0.15, -0.1) is 0 Å². The molecule has 3 heteroatoms. The molecule has 2 aromatic carbocycles. The zero-order chi connectivity index (χ0) is 20.1. The summed E-state index contributed by atoms with van der Waals surface area (Å²) in [5.41, 5.74) is 4.60. The van der Waals surface area contributed by atoms with E-state index >= 15 is 0 Å². The molecule has 1 atom stereocenters. The number of benzene rings is 2. The summed E-state index contributed by atoms with van der Waals surface area (Å²) in [7, 11) is 0. The number of carbonyl (C=O) groups is 2. The highest BCUT2D eigenvalue weighted by Crippen LogP contribution is 2.27. The van der Waals surface area contributed by atoms with Gasteiger partial charge in [0.1, 0.15) is 0 Å². The molecule has 28 heavy (non-hydrogen) atoms. The molecule has 0 bridgehead atoms. The highest BCUT2D eigenvalue weighted by Gasteiger charge is 2.38. The molecule has 0 fully saturated rings. The van der Waals surface area contributed by atoms with Crippen LogP contribution in [0.3, 0.4) is 0 Å². The zero-order valence-electron chi connectivity index (χ0n) is 16.8. The molecule has 3 rings (SSSR count). The van der Waals surface area contributed by atoms with Gasteiger partial charge in [-0.2, -0.15) is 0 Å². The van der Waals surface area contributed by atoms with Gasteiger partial charge in [0.2, 0.25) is 0 Å². The Hall–Kier alpha value is -2.94. The minimum absolute atomic E-state index is 0.199. The van der Waals surface area contributed by atoms with Crippen LogP contribution in [0, 0.1) is 0 Å². The molecule has 3 nitrogen and oxygen atoms in total. The zero-order valence-corrected chi connectivity index (χ0v) is 16.8. The van der Waals surface area contributed by atoms with Crippen molar-refractivity contribution in [2.24, 2.45) is 0 Å². The molecule has 2 amide bonds. The van der Waals surface area contributed by atoms with Crippen molar-refractivity contribution in [3.05, 3.63) is 94.6 Å². The van der Waals surface area contributed by atoms with Crippen LogP contribution in [0.15, 0.2) is 77.9 Å². The van der Waals surface area contributed by atoms with E-state index in [0.717, 1.165) is 18.4 Å². The van der Waals surface area contributed by atoms with Gasteiger partial charge in [0, 0.05) is 0 Å². The van der Waals surface area contributed by atoms with E-state index in [2.05, 4.69) is 32.9 Å². The first kappa shape index (κ1) is 19.8. The van der Waals surface area contributed by atoms with Gasteiger partial charge in [-0.25, -0.2) is 0 Å². The average molecular weight is 373 g/mol. The number of fused-ring (bicyclic) bond motifs is 1. The Morgan fingerprint density at radius 1 is 0.893 bits per heavy atom. The maximum Gasteiger partial charge on any atom is 0.262 e. The first-order chi connectivity index (χ1) is 13.5. The van der Waals surface area contributed by atoms with Gasteiger partial charge in [-0.1, -0.05) is 65.8 Å². The number of hydrogen-bond acceptors (Lipinski definition) is 2. The van der Waals surface area contributed by atoms with E-state index in [1.54, 1.807) is 24.3 Å². The van der Waals surface area contributed by atoms with Crippen molar-refractivity contribution in [1.29, 1.82) is 0 Å². The van der Waals surface area contributed by atoms with E-state index in [9.17, 15) is 9.59 Å². The van der Waals surface area contributed by atoms with Crippen LogP contribution in [0.25, 0.3) is 0 Å². The van der Waals surface area contributed by atoms with Crippen LogP contribution in [0.5, 0.6) is 0 Å². The fourth-order valence-corrected chi connectivity index (χ4v) is 3.59. The average Bonchev–Trinajstić information content (AvgIpc) is 2.93. The standard InChI is InChI=1S/C25H27NO2/c1-18(2)10-9-11-19(3)16-21(17-20-12-5-4-6-13-20)26-24(27)22-14-7-8-15-23(22)25(26)28/h4-8,10,12-16,21H,9,11,17H2,1-3H3. The van der Waals surface area contributed by atoms with Gasteiger partial charge in [0.05, 0.1) is 17.2 Å². The van der Waals surface area contributed by atoms with Gasteiger partial charge in [0.15, 0.2) is 0 Å². The smallest absolute Gasteiger partial charge is 0.262 e. The van der Waals surface area contributed by atoms with Crippen molar-refractivity contribution >= 4 is 11.8 Å². The fraction of sp³-hybridized carbons (Fsp3) is 0.280. The van der Waals surface area contributed by atoms with Crippen molar-refractivity contribution in [1.82, 2.24) is 4.90 Å². The fourth-order valence-electron chi connectivity index (χ4n) is 3.59. The van der Waals surface area contributed by atoms with Crippen molar-refractivity contribution in [2.75, 3.05) is 0 Å². The predicted octanol–water partition coefficient (Wildman–Crippen LogP) is 5.59. The van der Waals surface area contributed by atoms with Crippen molar-refractivity contribution < 1.29 is 9.59 Å². The van der Waals surface area contributed by atoms with Crippen molar-refractivity contribution in [3.8, 4) is 0 Å². The van der Waals surface area contributed by atoms with Gasteiger partial charge < -0.3 is 0 Å². The number of rotatable bonds is 7. The first-order valence-corrected chi connectivity index (χ1v) is 9.79. The molecule has 1 aliphatic rings. The lowest BCUT2D eigenvalue weighted by atomic mass is 10.0. The highest BCUT2D eigenvalue weighted by atomic mass is 16.2. The Bertz CT molecular complexity index is 886. The second kappa shape index (κ2) is 8.83. The number of hydrogen-bond donors (Lipinski definition) is 0. The van der Waals surface area contributed by atoms with E-state index in [1.165, 1.54) is 16.0 Å². The number of allylic oxidation sites excluding steroid dienone is 3. The minimum atomic E-state index is -0.290. The molecular weight excluding hydrogens is 346 g/mol. The van der Waals surface area contributed by atoms with Crippen LogP contribution < -0.4 is 0 Å². The predicted molar refractivity (Wildman–Crippen MR) is 113 cm³/mol. The van der Waals surface area contributed by atoms with Gasteiger partial charge in [-0.3, -0.25) is 14.5 Å². The summed E-state index contributed by atoms with van der Waals surface area (Å²) in [4.78, 5) is 27.4. The molecule has 2 aromatic rings. The van der Waals surface area contributed by atoms with E-state index in [-0.39, 0.29) is 17.9 Å². The lowest BCUT2D eigenvalue weighted by molar-refractivity contribution is 0.0614. The minimum Gasteiger partial charge on any atom is -0.269 e. The molecule has 0 saturated heterocycles. The van der Waals surface area contributed by atoms with Crippen LogP contribution in [0.1, 0.15) is 59.9 Å². The Balaban J connectivity index is 1.89. The van der Waals surface area contributed by atoms with Crippen molar-refractivity contribution in [2.45, 2.75) is 46.1 Å². The normalized spacial score (nSPS) is 14.8. The number of imide groups is 1. The molecule has 1 unspecified atom stereocenters. The summed E-state index contributed by atoms with van der Waals surface area (Å²) in [5, 5.41) is 0. The largest absolute Gasteiger partial charge is 0.269 e. The Labute approximate surface area is 167 Å². The number of nitrogens with zero attached hydrogens (tertiary/aromatic N) is 1. The van der Waals surface area contributed by atoms with Crippen molar-refractivity contribution in [3.63, 3.8) is 0 Å². The topological polar surface area (TPSA) is 37.4 Å². The summed E-state index contributed by atoms with van der Waals surface area (Å²) in [5.74, 6) is -0.398. The maximum atomic E-state index is 13.0. The molecule has 0 aliphatic carbocycles. The van der Waals surface area contributed by atoms with Gasteiger partial charge in [-0.05, 0) is 57.7 Å². The third-order valence-electron chi connectivity index (χ3n) is 5.01. The molecule has 144 valence electrons. The SMILES string of the molecule is CC(C)=CCCC(C)=CC(Cc1ccccc1)N1C(=O)c2ccccc2C1=O. The first-order valence-electron chi connectivity index (χ1n) is 9.79. The van der Waals surface area contributed by atoms with Crippen LogP contribution in [0.2, 0.25) is 0 Å². The second-order valence-electron chi connectivity index (χ2n) is 7.62. The van der Waals surface area contributed by atoms with E-state index in [1.807, 2.05) is 30.3 Å². The number of amides is 2. The van der Waals surface area contributed by atoms with E-state index in [0.29, 0.717) is 17.5 Å². The molecule has 0 spiro atoms. The van der Waals surface area contributed by atoms with E-state index < -0.39 is 0 Å². The summed E-state index contributed by atoms with van der Waals surface area (Å²) >= 11 is 0. The van der Waals surface area contributed by atoms with Crippen LogP contribution >= 0.6 is 0 Å². The summed E-state index contributed by atoms with van der Waals surface area (Å²) in [6, 6.07) is 16.8. The maximum absolute atomic E-state index is 13.0. The van der Waals surface area contributed by atoms with Crippen LogP contribution in [-0.4, -0.2) is 22.8 Å². The Morgan fingerprint density at radius 3 is 2.04 bits per heavy atom. The number of carbonyl (C=O) groups excluding carboxylic acids is 2. The van der Waals surface area contributed by atoms with Crippen LogP contribution in [-0.2, 0) is 6.42 Å². The lowest BCUT2D eigenvalue weighted by Gasteiger charge is -2.24. The van der Waals surface area contributed by atoms with E-state index in [4.69, 9.17) is 0 Å². The monoisotopic (exact) mass is 373 g/mol. The molecule has 1 aliphatic heterocycles. The van der Waals surface area contributed by atoms with Crippen LogP contribution in [0.4, 0.5) is 0 Å². The quantitative estimate of drug-likeness (QED) is 0.469. The summed E-state index contributed by atoms with van der Waals surface area (Å²) < 4.78 is 0. The molecule has 0 aromatic heterocycles. The Morgan fingerprint density at radius 2 is 1.46 bits per heavy atom. The second-order valence-corrected chi connectivity index (χ2v) is 7.62. The van der Waals surface area contributed by atoms with Gasteiger partial charge in [0.25, 0.3) is 11.8 Å². The third kappa shape index (κ3) is 4.48. The molecule has 0 saturated carbocycles. The molecule has 0 N–H and O–H groups in total. The molecular formula is C25H27NO2.